The molecule has 0 bridgehead atoms. The SMILES string of the molecule is Cl.N=C=S.[CsH]. The van der Waals surface area contributed by atoms with Crippen molar-refractivity contribution in [2.75, 3.05) is 0 Å². The zero-order chi connectivity index (χ0) is 2.71. The van der Waals surface area contributed by atoms with Crippen LogP contribution < -0.4 is 0 Å². The Morgan fingerprint density at radius 2 is 1.60 bits per heavy atom. The van der Waals surface area contributed by atoms with Crippen LogP contribution in [0.25, 0.3) is 0 Å². The molecule has 0 spiro atoms. The van der Waals surface area contributed by atoms with Gasteiger partial charge in [0.05, 0.1) is 5.16 Å². The van der Waals surface area contributed by atoms with Crippen molar-refractivity contribution in [1.29, 1.82) is 5.41 Å². The molecular weight excluding hydrogens is 226 g/mol. The van der Waals surface area contributed by atoms with Gasteiger partial charge in [0, 0.05) is 0 Å². The minimum atomic E-state index is 0. The number of halogens is 1. The van der Waals surface area contributed by atoms with Gasteiger partial charge in [-0.1, -0.05) is 0 Å². The quantitative estimate of drug-likeness (QED) is 0.473. The van der Waals surface area contributed by atoms with Crippen molar-refractivity contribution >= 4 is 98.7 Å². The minimum absolute atomic E-state index is 0. The van der Waals surface area contributed by atoms with Crippen LogP contribution in [0.3, 0.4) is 0 Å². The first-order valence-corrected chi connectivity index (χ1v) is 0.862. The van der Waals surface area contributed by atoms with Gasteiger partial charge in [0.25, 0.3) is 0 Å². The summed E-state index contributed by atoms with van der Waals surface area (Å²) in [6.45, 7) is 0. The molecular formula is CH3ClCsNS. The summed E-state index contributed by atoms with van der Waals surface area (Å²) in [5.41, 5.74) is 0. The maximum absolute atomic E-state index is 5.77. The van der Waals surface area contributed by atoms with Crippen molar-refractivity contribution in [1.82, 2.24) is 0 Å². The molecule has 0 aliphatic heterocycles. The maximum atomic E-state index is 5.77. The summed E-state index contributed by atoms with van der Waals surface area (Å²) in [4.78, 5) is 0. The van der Waals surface area contributed by atoms with Crippen LogP contribution in [0.5, 0.6) is 0 Å². The number of isothiocyanates is 1. The van der Waals surface area contributed by atoms with E-state index in [9.17, 15) is 0 Å². The van der Waals surface area contributed by atoms with E-state index in [2.05, 4.69) is 12.2 Å². The normalized spacial score (nSPS) is 1.60. The summed E-state index contributed by atoms with van der Waals surface area (Å²) in [6, 6.07) is 0. The Balaban J connectivity index is -0.0000000200. The van der Waals surface area contributed by atoms with Gasteiger partial charge in [0.1, 0.15) is 0 Å². The molecule has 0 fully saturated rings. The first-order chi connectivity index (χ1) is 1.41. The molecule has 5 heavy (non-hydrogen) atoms. The fraction of sp³-hybridized carbons (Fsp3) is 0. The standard InChI is InChI=1S/CHNS.ClH.Cs.H/c2-1-3;;;/h2H;1H;;. The molecule has 0 atom stereocenters. The van der Waals surface area contributed by atoms with Gasteiger partial charge in [-0.3, -0.25) is 0 Å². The second-order valence-corrected chi connectivity index (χ2v) is 0.306. The molecule has 0 rings (SSSR count). The van der Waals surface area contributed by atoms with E-state index in [0.29, 0.717) is 0 Å². The van der Waals surface area contributed by atoms with Crippen LogP contribution in [-0.4, -0.2) is 74.1 Å². The third-order valence-corrected chi connectivity index (χ3v) is 0. The molecule has 0 aromatic rings. The van der Waals surface area contributed by atoms with Crippen molar-refractivity contribution in [3.05, 3.63) is 0 Å². The van der Waals surface area contributed by atoms with Crippen LogP contribution in [0, 0.1) is 5.41 Å². The van der Waals surface area contributed by atoms with E-state index in [1.54, 1.807) is 5.16 Å². The molecule has 1 N–H and O–H groups in total. The van der Waals surface area contributed by atoms with Crippen LogP contribution in [0.4, 0.5) is 0 Å². The molecule has 1 nitrogen and oxygen atoms in total. The van der Waals surface area contributed by atoms with Gasteiger partial charge in [0.2, 0.25) is 0 Å². The first kappa shape index (κ1) is 15.7. The summed E-state index contributed by atoms with van der Waals surface area (Å²) >= 11 is 3.81. The second kappa shape index (κ2) is 16.4. The molecule has 0 amide bonds. The molecule has 0 radical (unpaired) electrons. The number of rotatable bonds is 0. The van der Waals surface area contributed by atoms with Crippen LogP contribution >= 0.6 is 24.6 Å². The summed E-state index contributed by atoms with van der Waals surface area (Å²) in [6.07, 6.45) is 0. The van der Waals surface area contributed by atoms with Crippen molar-refractivity contribution in [2.24, 2.45) is 0 Å². The molecule has 0 aromatic heterocycles. The van der Waals surface area contributed by atoms with E-state index in [0.717, 1.165) is 0 Å². The average molecular weight is 229 g/mol. The summed E-state index contributed by atoms with van der Waals surface area (Å²) in [7, 11) is 0. The summed E-state index contributed by atoms with van der Waals surface area (Å²) in [5.74, 6) is 0. The third-order valence-electron chi connectivity index (χ3n) is 0. The van der Waals surface area contributed by atoms with Gasteiger partial charge in [-0.15, -0.1) is 12.4 Å². The van der Waals surface area contributed by atoms with E-state index in [-0.39, 0.29) is 81.3 Å². The molecule has 0 heterocycles. The van der Waals surface area contributed by atoms with Gasteiger partial charge in [0.15, 0.2) is 0 Å². The monoisotopic (exact) mass is 229 g/mol. The number of nitrogens with one attached hydrogen (secondary N) is 1. The molecule has 0 unspecified atom stereocenters. The Hall–Kier alpha value is 2.14. The van der Waals surface area contributed by atoms with Crippen molar-refractivity contribution in [3.63, 3.8) is 0 Å². The molecule has 0 saturated heterocycles. The van der Waals surface area contributed by atoms with Crippen molar-refractivity contribution in [2.45, 2.75) is 0 Å². The molecule has 0 saturated carbocycles. The predicted molar refractivity (Wildman–Crippen MR) is 29.7 cm³/mol. The van der Waals surface area contributed by atoms with E-state index < -0.39 is 0 Å². The van der Waals surface area contributed by atoms with Crippen LogP contribution in [0.1, 0.15) is 0 Å². The number of hydrogen-bond acceptors (Lipinski definition) is 2. The summed E-state index contributed by atoms with van der Waals surface area (Å²) in [5, 5.41) is 7.36. The van der Waals surface area contributed by atoms with Crippen LogP contribution in [0.2, 0.25) is 0 Å². The zero-order valence-electron chi connectivity index (χ0n) is 1.82. The predicted octanol–water partition coefficient (Wildman–Crippen LogP) is 0.441. The summed E-state index contributed by atoms with van der Waals surface area (Å²) < 4.78 is 0. The Morgan fingerprint density at radius 3 is 1.60 bits per heavy atom. The second-order valence-electron chi connectivity index (χ2n) is 0.102. The number of thiocarbonyl (C=S) groups is 1. The van der Waals surface area contributed by atoms with Gasteiger partial charge in [-0.2, -0.15) is 0 Å². The zero-order valence-corrected chi connectivity index (χ0v) is 3.45. The molecule has 0 aliphatic rings. The van der Waals surface area contributed by atoms with Crippen molar-refractivity contribution < 1.29 is 0 Å². The average Bonchev–Trinajstić information content (AvgIpc) is 0.918. The Morgan fingerprint density at radius 1 is 1.60 bits per heavy atom. The van der Waals surface area contributed by atoms with Crippen LogP contribution in [-0.2, 0) is 0 Å². The fourth-order valence-electron chi connectivity index (χ4n) is 0. The van der Waals surface area contributed by atoms with E-state index in [1.165, 1.54) is 0 Å². The van der Waals surface area contributed by atoms with Gasteiger partial charge in [-0.05, 0) is 12.2 Å². The Bertz CT molecular complexity index is 32.6. The number of hydrogen-bond donors (Lipinski definition) is 1. The molecule has 4 heteroatoms. The van der Waals surface area contributed by atoms with E-state index in [1.807, 2.05) is 0 Å². The third kappa shape index (κ3) is 23.0. The molecule has 26 valence electrons. The van der Waals surface area contributed by atoms with E-state index in [4.69, 9.17) is 5.41 Å². The van der Waals surface area contributed by atoms with Crippen molar-refractivity contribution in [3.8, 4) is 0 Å². The van der Waals surface area contributed by atoms with Crippen LogP contribution in [0.15, 0.2) is 0 Å². The van der Waals surface area contributed by atoms with Gasteiger partial charge < -0.3 is 0 Å². The van der Waals surface area contributed by atoms with Gasteiger partial charge >= 0.3 is 68.9 Å². The topological polar surface area (TPSA) is 23.9 Å². The Labute approximate surface area is 101 Å². The fourth-order valence-corrected chi connectivity index (χ4v) is 0. The van der Waals surface area contributed by atoms with E-state index >= 15 is 0 Å². The molecule has 0 aliphatic carbocycles. The Kier molecular flexibility index (Phi) is 51.7. The molecule has 0 aromatic carbocycles. The van der Waals surface area contributed by atoms with Gasteiger partial charge in [-0.25, -0.2) is 5.41 Å². The first-order valence-electron chi connectivity index (χ1n) is 0.454.